The molecular formula is C20H18N4O3. The largest absolute Gasteiger partial charge is 0.486 e. The van der Waals surface area contributed by atoms with Crippen molar-refractivity contribution in [2.45, 2.75) is 6.10 Å². The second-order valence-corrected chi connectivity index (χ2v) is 6.24. The minimum absolute atomic E-state index is 0.124. The van der Waals surface area contributed by atoms with Crippen molar-refractivity contribution >= 4 is 5.91 Å². The first kappa shape index (κ1) is 17.0. The summed E-state index contributed by atoms with van der Waals surface area (Å²) in [6.07, 6.45) is 6.17. The van der Waals surface area contributed by atoms with E-state index in [1.165, 1.54) is 6.33 Å². The molecule has 0 saturated carbocycles. The van der Waals surface area contributed by atoms with Crippen molar-refractivity contribution in [1.29, 1.82) is 0 Å². The number of carbonyl (C=O) groups is 1. The molecule has 3 aromatic rings. The van der Waals surface area contributed by atoms with Crippen LogP contribution in [0.15, 0.2) is 61.3 Å². The van der Waals surface area contributed by atoms with Gasteiger partial charge in [0.05, 0.1) is 17.8 Å². The molecule has 0 bridgehead atoms. The Bertz CT molecular complexity index is 931. The van der Waals surface area contributed by atoms with Crippen molar-refractivity contribution in [1.82, 2.24) is 19.9 Å². The van der Waals surface area contributed by atoms with E-state index in [4.69, 9.17) is 9.47 Å². The highest BCUT2D eigenvalue weighted by Gasteiger charge is 2.24. The van der Waals surface area contributed by atoms with Crippen LogP contribution in [-0.2, 0) is 0 Å². The van der Waals surface area contributed by atoms with E-state index in [0.717, 1.165) is 17.0 Å². The number of nitrogens with zero attached hydrogens (tertiary/aromatic N) is 4. The maximum Gasteiger partial charge on any atom is 0.255 e. The van der Waals surface area contributed by atoms with Crippen LogP contribution in [0.5, 0.6) is 11.5 Å². The van der Waals surface area contributed by atoms with E-state index in [0.29, 0.717) is 24.5 Å². The average Bonchev–Trinajstić information content (AvgIpc) is 2.74. The highest BCUT2D eigenvalue weighted by atomic mass is 16.6. The normalized spacial score (nSPS) is 15.2. The fraction of sp³-hybridized carbons (Fsp3) is 0.200. The highest BCUT2D eigenvalue weighted by molar-refractivity contribution is 5.94. The first-order valence-electron chi connectivity index (χ1n) is 8.56. The fourth-order valence-electron chi connectivity index (χ4n) is 2.88. The summed E-state index contributed by atoms with van der Waals surface area (Å²) in [4.78, 5) is 26.6. The van der Waals surface area contributed by atoms with Gasteiger partial charge < -0.3 is 14.4 Å². The number of hydrogen-bond acceptors (Lipinski definition) is 6. The molecule has 4 rings (SSSR count). The third-order valence-corrected chi connectivity index (χ3v) is 4.26. The standard InChI is InChI=1S/C20H18N4O3/c1-24(11-16-12-26-18-4-2-3-5-19(18)27-16)20(25)14-6-7-17(23-10-14)15-8-21-13-22-9-15/h2-10,13,16H,11-12H2,1H3/t16-/m1/s1. The summed E-state index contributed by atoms with van der Waals surface area (Å²) in [5.74, 6) is 1.30. The lowest BCUT2D eigenvalue weighted by Crippen LogP contribution is -2.41. The molecule has 1 aliphatic heterocycles. The van der Waals surface area contributed by atoms with Crippen LogP contribution in [0.2, 0.25) is 0 Å². The summed E-state index contributed by atoms with van der Waals surface area (Å²) in [6.45, 7) is 0.821. The summed E-state index contributed by atoms with van der Waals surface area (Å²) in [7, 11) is 1.74. The lowest BCUT2D eigenvalue weighted by atomic mass is 10.1. The molecule has 0 spiro atoms. The Morgan fingerprint density at radius 3 is 2.63 bits per heavy atom. The zero-order chi connectivity index (χ0) is 18.6. The van der Waals surface area contributed by atoms with Crippen LogP contribution < -0.4 is 9.47 Å². The smallest absolute Gasteiger partial charge is 0.255 e. The van der Waals surface area contributed by atoms with Crippen LogP contribution in [0, 0.1) is 0 Å². The van der Waals surface area contributed by atoms with Crippen LogP contribution in [0.25, 0.3) is 11.3 Å². The average molecular weight is 362 g/mol. The topological polar surface area (TPSA) is 77.4 Å². The van der Waals surface area contributed by atoms with Crippen LogP contribution in [0.4, 0.5) is 0 Å². The van der Waals surface area contributed by atoms with Crippen molar-refractivity contribution in [2.75, 3.05) is 20.2 Å². The molecule has 0 aliphatic carbocycles. The number of para-hydroxylation sites is 2. The predicted molar refractivity (Wildman–Crippen MR) is 98.6 cm³/mol. The Morgan fingerprint density at radius 1 is 1.11 bits per heavy atom. The molecule has 1 amide bonds. The van der Waals surface area contributed by atoms with Crippen molar-refractivity contribution in [2.24, 2.45) is 0 Å². The fourth-order valence-corrected chi connectivity index (χ4v) is 2.88. The van der Waals surface area contributed by atoms with Crippen LogP contribution in [0.3, 0.4) is 0 Å². The number of fused-ring (bicyclic) bond motifs is 1. The van der Waals surface area contributed by atoms with Crippen molar-refractivity contribution in [3.63, 3.8) is 0 Å². The SMILES string of the molecule is CN(C[C@@H]1COc2ccccc2O1)C(=O)c1ccc(-c2cncnc2)nc1. The molecule has 0 unspecified atom stereocenters. The first-order chi connectivity index (χ1) is 13.2. The Balaban J connectivity index is 1.41. The van der Waals surface area contributed by atoms with Gasteiger partial charge in [0.25, 0.3) is 5.91 Å². The summed E-state index contributed by atoms with van der Waals surface area (Å²) in [5, 5.41) is 0. The second-order valence-electron chi connectivity index (χ2n) is 6.24. The number of amides is 1. The molecule has 0 N–H and O–H groups in total. The van der Waals surface area contributed by atoms with Gasteiger partial charge in [-0.25, -0.2) is 9.97 Å². The Hall–Kier alpha value is -3.48. The third-order valence-electron chi connectivity index (χ3n) is 4.26. The van der Waals surface area contributed by atoms with Crippen LogP contribution in [0.1, 0.15) is 10.4 Å². The summed E-state index contributed by atoms with van der Waals surface area (Å²) in [5.41, 5.74) is 2.03. The zero-order valence-electron chi connectivity index (χ0n) is 14.8. The molecule has 3 heterocycles. The molecule has 2 aromatic heterocycles. The van der Waals surface area contributed by atoms with Gasteiger partial charge in [0.2, 0.25) is 0 Å². The molecule has 1 aliphatic rings. The molecule has 1 atom stereocenters. The van der Waals surface area contributed by atoms with E-state index in [-0.39, 0.29) is 12.0 Å². The minimum Gasteiger partial charge on any atom is -0.486 e. The lowest BCUT2D eigenvalue weighted by molar-refractivity contribution is 0.0520. The molecule has 0 radical (unpaired) electrons. The third kappa shape index (κ3) is 3.72. The number of aromatic nitrogens is 3. The predicted octanol–water partition coefficient (Wildman–Crippen LogP) is 2.45. The zero-order valence-corrected chi connectivity index (χ0v) is 14.8. The second kappa shape index (κ2) is 7.41. The molecular weight excluding hydrogens is 344 g/mol. The van der Waals surface area contributed by atoms with Gasteiger partial charge in [0, 0.05) is 31.2 Å². The van der Waals surface area contributed by atoms with Gasteiger partial charge in [-0.05, 0) is 24.3 Å². The molecule has 0 fully saturated rings. The molecule has 7 heteroatoms. The lowest BCUT2D eigenvalue weighted by Gasteiger charge is -2.29. The number of rotatable bonds is 4. The van der Waals surface area contributed by atoms with Gasteiger partial charge in [0.1, 0.15) is 12.9 Å². The van der Waals surface area contributed by atoms with Gasteiger partial charge in [0.15, 0.2) is 17.6 Å². The summed E-state index contributed by atoms with van der Waals surface area (Å²) < 4.78 is 11.6. The first-order valence-corrected chi connectivity index (χ1v) is 8.56. The van der Waals surface area contributed by atoms with E-state index >= 15 is 0 Å². The number of carbonyl (C=O) groups excluding carboxylic acids is 1. The number of ether oxygens (including phenoxy) is 2. The van der Waals surface area contributed by atoms with Gasteiger partial charge >= 0.3 is 0 Å². The maximum atomic E-state index is 12.7. The van der Waals surface area contributed by atoms with E-state index in [1.807, 2.05) is 24.3 Å². The van der Waals surface area contributed by atoms with Crippen molar-refractivity contribution < 1.29 is 14.3 Å². The monoisotopic (exact) mass is 362 g/mol. The minimum atomic E-state index is -0.220. The maximum absolute atomic E-state index is 12.7. The Morgan fingerprint density at radius 2 is 1.89 bits per heavy atom. The quantitative estimate of drug-likeness (QED) is 0.709. The van der Waals surface area contributed by atoms with Crippen molar-refractivity contribution in [3.8, 4) is 22.8 Å². The highest BCUT2D eigenvalue weighted by Crippen LogP contribution is 2.31. The van der Waals surface area contributed by atoms with E-state index in [2.05, 4.69) is 15.0 Å². The molecule has 136 valence electrons. The number of pyridine rings is 1. The summed E-state index contributed by atoms with van der Waals surface area (Å²) in [6, 6.07) is 11.1. The molecule has 27 heavy (non-hydrogen) atoms. The van der Waals surface area contributed by atoms with Gasteiger partial charge in [-0.1, -0.05) is 12.1 Å². The van der Waals surface area contributed by atoms with E-state index < -0.39 is 0 Å². The van der Waals surface area contributed by atoms with Gasteiger partial charge in [-0.15, -0.1) is 0 Å². The molecule has 1 aromatic carbocycles. The van der Waals surface area contributed by atoms with Crippen molar-refractivity contribution in [3.05, 3.63) is 66.9 Å². The Labute approximate surface area is 156 Å². The van der Waals surface area contributed by atoms with Crippen LogP contribution >= 0.6 is 0 Å². The van der Waals surface area contributed by atoms with E-state index in [1.54, 1.807) is 42.7 Å². The number of hydrogen-bond donors (Lipinski definition) is 0. The molecule has 7 nitrogen and oxygen atoms in total. The van der Waals surface area contributed by atoms with Gasteiger partial charge in [-0.3, -0.25) is 9.78 Å². The van der Waals surface area contributed by atoms with Gasteiger partial charge in [-0.2, -0.15) is 0 Å². The van der Waals surface area contributed by atoms with Crippen LogP contribution in [-0.4, -0.2) is 52.1 Å². The Kier molecular flexibility index (Phi) is 4.65. The number of likely N-dealkylation sites (N-methyl/N-ethyl adjacent to an activating group) is 1. The number of benzene rings is 1. The molecule has 0 saturated heterocycles. The van der Waals surface area contributed by atoms with E-state index in [9.17, 15) is 4.79 Å². The summed E-state index contributed by atoms with van der Waals surface area (Å²) >= 11 is 0.